The van der Waals surface area contributed by atoms with Crippen LogP contribution in [0.3, 0.4) is 0 Å². The lowest BCUT2D eigenvalue weighted by atomic mass is 10.2. The number of hydrogen-bond donors (Lipinski definition) is 0. The van der Waals surface area contributed by atoms with Crippen LogP contribution in [0.25, 0.3) is 0 Å². The summed E-state index contributed by atoms with van der Waals surface area (Å²) in [5.41, 5.74) is 1.80. The Labute approximate surface area is 101 Å². The Morgan fingerprint density at radius 3 is 2.29 bits per heavy atom. The molecular formula is C15H13O2. The lowest BCUT2D eigenvalue weighted by Crippen LogP contribution is -2.01. The molecule has 0 heterocycles. The molecule has 0 aliphatic heterocycles. The van der Waals surface area contributed by atoms with Crippen molar-refractivity contribution in [2.75, 3.05) is 6.61 Å². The van der Waals surface area contributed by atoms with Gasteiger partial charge in [-0.3, -0.25) is 4.79 Å². The van der Waals surface area contributed by atoms with E-state index in [0.29, 0.717) is 12.2 Å². The van der Waals surface area contributed by atoms with Crippen LogP contribution in [0.15, 0.2) is 54.6 Å². The molecule has 0 bridgehead atoms. The molecule has 0 unspecified atom stereocenters. The Hall–Kier alpha value is -2.09. The minimum atomic E-state index is 0.542. The molecule has 2 heteroatoms. The molecule has 0 saturated carbocycles. The maximum atomic E-state index is 10.4. The Bertz CT molecular complexity index is 460. The summed E-state index contributed by atoms with van der Waals surface area (Å²) in [5, 5.41) is 0. The fourth-order valence-corrected chi connectivity index (χ4v) is 1.55. The van der Waals surface area contributed by atoms with Crippen LogP contribution in [-0.2, 0) is 11.2 Å². The van der Waals surface area contributed by atoms with Crippen molar-refractivity contribution in [2.45, 2.75) is 6.42 Å². The third kappa shape index (κ3) is 3.45. The molecule has 2 nitrogen and oxygen atoms in total. The first kappa shape index (κ1) is 11.4. The first-order chi connectivity index (χ1) is 8.38. The summed E-state index contributed by atoms with van der Waals surface area (Å²) < 4.78 is 5.58. The zero-order valence-electron chi connectivity index (χ0n) is 9.43. The number of rotatable bonds is 5. The molecule has 0 fully saturated rings. The van der Waals surface area contributed by atoms with E-state index in [9.17, 15) is 4.79 Å². The van der Waals surface area contributed by atoms with Crippen molar-refractivity contribution in [1.82, 2.24) is 0 Å². The van der Waals surface area contributed by atoms with Gasteiger partial charge in [-0.25, -0.2) is 0 Å². The van der Waals surface area contributed by atoms with E-state index in [1.165, 1.54) is 5.56 Å². The van der Waals surface area contributed by atoms with Crippen LogP contribution >= 0.6 is 0 Å². The minimum absolute atomic E-state index is 0.542. The van der Waals surface area contributed by atoms with Gasteiger partial charge in [-0.05, 0) is 29.8 Å². The van der Waals surface area contributed by atoms with E-state index >= 15 is 0 Å². The molecule has 0 aromatic heterocycles. The highest BCUT2D eigenvalue weighted by Crippen LogP contribution is 2.11. The molecule has 2 aromatic carbocycles. The molecular weight excluding hydrogens is 212 g/mol. The summed E-state index contributed by atoms with van der Waals surface area (Å²) in [6.07, 6.45) is 2.71. The lowest BCUT2D eigenvalue weighted by Gasteiger charge is -2.06. The first-order valence-corrected chi connectivity index (χ1v) is 5.53. The Balaban J connectivity index is 1.84. The van der Waals surface area contributed by atoms with E-state index in [0.717, 1.165) is 12.2 Å². The van der Waals surface area contributed by atoms with Gasteiger partial charge in [0.15, 0.2) is 0 Å². The number of hydrogen-bond acceptors (Lipinski definition) is 2. The molecule has 0 spiro atoms. The Morgan fingerprint density at radius 2 is 1.65 bits per heavy atom. The zero-order valence-corrected chi connectivity index (χ0v) is 9.43. The van der Waals surface area contributed by atoms with Crippen LogP contribution in [0.4, 0.5) is 0 Å². The lowest BCUT2D eigenvalue weighted by molar-refractivity contribution is 0.322. The van der Waals surface area contributed by atoms with E-state index in [1.54, 1.807) is 24.3 Å². The van der Waals surface area contributed by atoms with Crippen molar-refractivity contribution in [3.05, 3.63) is 65.7 Å². The van der Waals surface area contributed by atoms with Gasteiger partial charge in [0.1, 0.15) is 5.75 Å². The van der Waals surface area contributed by atoms with Crippen molar-refractivity contribution < 1.29 is 9.53 Å². The molecule has 1 radical (unpaired) electrons. The second kappa shape index (κ2) is 5.85. The Kier molecular flexibility index (Phi) is 3.92. The molecule has 0 aliphatic rings. The topological polar surface area (TPSA) is 26.3 Å². The van der Waals surface area contributed by atoms with Crippen LogP contribution in [-0.4, -0.2) is 12.9 Å². The van der Waals surface area contributed by atoms with Crippen molar-refractivity contribution in [3.63, 3.8) is 0 Å². The number of carbonyl (C=O) groups excluding carboxylic acids is 1. The van der Waals surface area contributed by atoms with Gasteiger partial charge in [0.25, 0.3) is 0 Å². The van der Waals surface area contributed by atoms with Crippen molar-refractivity contribution in [3.8, 4) is 5.75 Å². The summed E-state index contributed by atoms with van der Waals surface area (Å²) >= 11 is 0. The molecule has 0 amide bonds. The highest BCUT2D eigenvalue weighted by atomic mass is 16.5. The normalized spacial score (nSPS) is 9.88. The van der Waals surface area contributed by atoms with E-state index in [4.69, 9.17) is 4.74 Å². The molecule has 2 rings (SSSR count). The van der Waals surface area contributed by atoms with Gasteiger partial charge in [-0.15, -0.1) is 0 Å². The average molecular weight is 225 g/mol. The van der Waals surface area contributed by atoms with Gasteiger partial charge in [-0.2, -0.15) is 0 Å². The third-order valence-corrected chi connectivity index (χ3v) is 2.47. The number of ether oxygens (including phenoxy) is 1. The Morgan fingerprint density at radius 1 is 0.941 bits per heavy atom. The first-order valence-electron chi connectivity index (χ1n) is 5.53. The van der Waals surface area contributed by atoms with Crippen LogP contribution in [0, 0.1) is 0 Å². The van der Waals surface area contributed by atoms with Crippen LogP contribution < -0.4 is 4.74 Å². The maximum absolute atomic E-state index is 10.4. The second-order valence-electron chi connectivity index (χ2n) is 3.71. The van der Waals surface area contributed by atoms with E-state index in [2.05, 4.69) is 12.1 Å². The fraction of sp³-hybridized carbons (Fsp3) is 0.133. The van der Waals surface area contributed by atoms with Gasteiger partial charge < -0.3 is 4.74 Å². The van der Waals surface area contributed by atoms with Gasteiger partial charge in [0.05, 0.1) is 6.61 Å². The minimum Gasteiger partial charge on any atom is -0.493 e. The van der Waals surface area contributed by atoms with Crippen molar-refractivity contribution in [1.29, 1.82) is 0 Å². The maximum Gasteiger partial charge on any atom is 0.233 e. The fourth-order valence-electron chi connectivity index (χ4n) is 1.55. The average Bonchev–Trinajstić information content (AvgIpc) is 2.41. The molecule has 2 aromatic rings. The van der Waals surface area contributed by atoms with Gasteiger partial charge >= 0.3 is 0 Å². The van der Waals surface area contributed by atoms with E-state index in [-0.39, 0.29) is 0 Å². The van der Waals surface area contributed by atoms with Crippen LogP contribution in [0.2, 0.25) is 0 Å². The van der Waals surface area contributed by atoms with Gasteiger partial charge in [0.2, 0.25) is 6.29 Å². The third-order valence-electron chi connectivity index (χ3n) is 2.47. The molecule has 0 N–H and O–H groups in total. The van der Waals surface area contributed by atoms with Gasteiger partial charge in [-0.1, -0.05) is 30.3 Å². The van der Waals surface area contributed by atoms with Crippen LogP contribution in [0.5, 0.6) is 5.75 Å². The number of benzene rings is 2. The summed E-state index contributed by atoms with van der Waals surface area (Å²) in [7, 11) is 0. The highest BCUT2D eigenvalue weighted by Gasteiger charge is 1.96. The van der Waals surface area contributed by atoms with Crippen LogP contribution in [0.1, 0.15) is 11.1 Å². The zero-order chi connectivity index (χ0) is 11.9. The monoisotopic (exact) mass is 225 g/mol. The van der Waals surface area contributed by atoms with E-state index < -0.39 is 0 Å². The summed E-state index contributed by atoms with van der Waals surface area (Å²) in [6, 6.07) is 17.2. The molecule has 0 aliphatic carbocycles. The summed E-state index contributed by atoms with van der Waals surface area (Å²) in [6.45, 7) is 0.633. The largest absolute Gasteiger partial charge is 0.493 e. The highest BCUT2D eigenvalue weighted by molar-refractivity contribution is 5.75. The molecule has 0 atom stereocenters. The summed E-state index contributed by atoms with van der Waals surface area (Å²) in [4.78, 5) is 10.4. The molecule has 17 heavy (non-hydrogen) atoms. The van der Waals surface area contributed by atoms with Gasteiger partial charge in [0, 0.05) is 12.0 Å². The predicted octanol–water partition coefficient (Wildman–Crippen LogP) is 2.77. The smallest absolute Gasteiger partial charge is 0.233 e. The molecule has 85 valence electrons. The standard InChI is InChI=1S/C15H13O2/c16-12-14-6-8-15(9-7-14)17-11-10-13-4-2-1-3-5-13/h1-9H,10-11H2. The van der Waals surface area contributed by atoms with E-state index in [1.807, 2.05) is 24.5 Å². The summed E-state index contributed by atoms with van der Waals surface area (Å²) in [5.74, 6) is 0.778. The van der Waals surface area contributed by atoms with Crippen molar-refractivity contribution in [2.24, 2.45) is 0 Å². The SMILES string of the molecule is O=[C]c1ccc(OCCc2ccccc2)cc1. The van der Waals surface area contributed by atoms with Crippen molar-refractivity contribution >= 4 is 6.29 Å². The quantitative estimate of drug-likeness (QED) is 0.782. The predicted molar refractivity (Wildman–Crippen MR) is 66.9 cm³/mol. The second-order valence-corrected chi connectivity index (χ2v) is 3.71. The molecule has 0 saturated heterocycles.